The van der Waals surface area contributed by atoms with Gasteiger partial charge < -0.3 is 15.0 Å². The summed E-state index contributed by atoms with van der Waals surface area (Å²) in [5.74, 6) is -1.17. The maximum atomic E-state index is 12.5. The van der Waals surface area contributed by atoms with E-state index in [2.05, 4.69) is 5.32 Å². The highest BCUT2D eigenvalue weighted by molar-refractivity contribution is 7.89. The SMILES string of the molecule is CCOc1ccc(NC(=O)C(=O)N2CCCC2CC)cc1S(=O)(=O)N(C)C. The zero-order valence-corrected chi connectivity index (χ0v) is 17.0. The predicted octanol–water partition coefficient (Wildman–Crippen LogP) is 1.68. The van der Waals surface area contributed by atoms with Crippen LogP contribution in [-0.2, 0) is 19.6 Å². The van der Waals surface area contributed by atoms with Crippen molar-refractivity contribution < 1.29 is 22.7 Å². The van der Waals surface area contributed by atoms with Crippen molar-refractivity contribution in [2.24, 2.45) is 0 Å². The van der Waals surface area contributed by atoms with Crippen LogP contribution >= 0.6 is 0 Å². The first kappa shape index (κ1) is 21.2. The fourth-order valence-corrected chi connectivity index (χ4v) is 4.15. The summed E-state index contributed by atoms with van der Waals surface area (Å²) >= 11 is 0. The van der Waals surface area contributed by atoms with Crippen LogP contribution in [0, 0.1) is 0 Å². The number of anilines is 1. The summed E-state index contributed by atoms with van der Waals surface area (Å²) in [6, 6.07) is 4.39. The Kier molecular flexibility index (Phi) is 6.83. The topological polar surface area (TPSA) is 96.0 Å². The highest BCUT2D eigenvalue weighted by atomic mass is 32.2. The molecule has 8 nitrogen and oxygen atoms in total. The first-order chi connectivity index (χ1) is 12.7. The smallest absolute Gasteiger partial charge is 0.313 e. The first-order valence-electron chi connectivity index (χ1n) is 9.03. The Hall–Kier alpha value is -2.13. The van der Waals surface area contributed by atoms with Gasteiger partial charge in [0.2, 0.25) is 10.0 Å². The molecule has 2 amide bonds. The van der Waals surface area contributed by atoms with Crippen molar-refractivity contribution in [3.05, 3.63) is 18.2 Å². The Morgan fingerprint density at radius 2 is 2.00 bits per heavy atom. The lowest BCUT2D eigenvalue weighted by Gasteiger charge is -2.23. The maximum Gasteiger partial charge on any atom is 0.313 e. The number of hydrogen-bond acceptors (Lipinski definition) is 5. The van der Waals surface area contributed by atoms with Crippen molar-refractivity contribution in [1.29, 1.82) is 0 Å². The molecule has 2 rings (SSSR count). The number of rotatable bonds is 6. The molecular weight excluding hydrogens is 370 g/mol. The number of nitrogens with one attached hydrogen (secondary N) is 1. The van der Waals surface area contributed by atoms with Gasteiger partial charge in [0.15, 0.2) is 0 Å². The quantitative estimate of drug-likeness (QED) is 0.737. The van der Waals surface area contributed by atoms with E-state index >= 15 is 0 Å². The van der Waals surface area contributed by atoms with Crippen molar-refractivity contribution in [2.75, 3.05) is 32.6 Å². The van der Waals surface area contributed by atoms with E-state index in [9.17, 15) is 18.0 Å². The van der Waals surface area contributed by atoms with Gasteiger partial charge in [0.25, 0.3) is 0 Å². The first-order valence-corrected chi connectivity index (χ1v) is 10.5. The number of amides is 2. The van der Waals surface area contributed by atoms with Gasteiger partial charge in [-0.2, -0.15) is 0 Å². The second kappa shape index (κ2) is 8.71. The standard InChI is InChI=1S/C18H27N3O5S/c1-5-14-8-7-11-21(14)18(23)17(22)19-13-9-10-15(26-6-2)16(12-13)27(24,25)20(3)4/h9-10,12,14H,5-8,11H2,1-4H3,(H,19,22). The molecule has 1 aromatic carbocycles. The Balaban J connectivity index is 2.26. The van der Waals surface area contributed by atoms with Crippen LogP contribution in [0.5, 0.6) is 5.75 Å². The highest BCUT2D eigenvalue weighted by Crippen LogP contribution is 2.29. The van der Waals surface area contributed by atoms with Crippen molar-refractivity contribution in [3.63, 3.8) is 0 Å². The van der Waals surface area contributed by atoms with E-state index in [1.54, 1.807) is 11.8 Å². The minimum Gasteiger partial charge on any atom is -0.492 e. The molecule has 9 heteroatoms. The molecule has 1 aromatic rings. The van der Waals surface area contributed by atoms with Crippen LogP contribution in [0.3, 0.4) is 0 Å². The summed E-state index contributed by atoms with van der Waals surface area (Å²) in [5, 5.41) is 2.52. The number of ether oxygens (including phenoxy) is 1. The third kappa shape index (κ3) is 4.59. The molecule has 1 aliphatic heterocycles. The molecule has 0 aliphatic carbocycles. The van der Waals surface area contributed by atoms with Crippen LogP contribution in [0.4, 0.5) is 5.69 Å². The largest absolute Gasteiger partial charge is 0.492 e. The molecule has 0 radical (unpaired) electrons. The van der Waals surface area contributed by atoms with Gasteiger partial charge in [-0.1, -0.05) is 6.92 Å². The van der Waals surface area contributed by atoms with Gasteiger partial charge in [0.1, 0.15) is 10.6 Å². The third-order valence-corrected chi connectivity index (χ3v) is 6.40. The minimum atomic E-state index is -3.77. The van der Waals surface area contributed by atoms with Crippen LogP contribution in [-0.4, -0.2) is 62.7 Å². The zero-order chi connectivity index (χ0) is 20.2. The van der Waals surface area contributed by atoms with Gasteiger partial charge in [-0.05, 0) is 44.4 Å². The second-order valence-corrected chi connectivity index (χ2v) is 8.66. The monoisotopic (exact) mass is 397 g/mol. The molecule has 1 atom stereocenters. The molecule has 0 bridgehead atoms. The van der Waals surface area contributed by atoms with Crippen LogP contribution < -0.4 is 10.1 Å². The predicted molar refractivity (Wildman–Crippen MR) is 102 cm³/mol. The molecule has 1 saturated heterocycles. The van der Waals surface area contributed by atoms with E-state index in [0.29, 0.717) is 13.2 Å². The molecule has 1 unspecified atom stereocenters. The van der Waals surface area contributed by atoms with Crippen LogP contribution in [0.25, 0.3) is 0 Å². The van der Waals surface area contributed by atoms with Crippen molar-refractivity contribution in [1.82, 2.24) is 9.21 Å². The van der Waals surface area contributed by atoms with E-state index in [-0.39, 0.29) is 22.4 Å². The van der Waals surface area contributed by atoms with E-state index in [4.69, 9.17) is 4.74 Å². The highest BCUT2D eigenvalue weighted by Gasteiger charge is 2.31. The van der Waals surface area contributed by atoms with Gasteiger partial charge in [0, 0.05) is 32.4 Å². The zero-order valence-electron chi connectivity index (χ0n) is 16.2. The summed E-state index contributed by atoms with van der Waals surface area (Å²) in [6.45, 7) is 4.60. The van der Waals surface area contributed by atoms with Gasteiger partial charge in [0.05, 0.1) is 6.61 Å². The Morgan fingerprint density at radius 3 is 2.59 bits per heavy atom. The third-order valence-electron chi connectivity index (χ3n) is 4.56. The van der Waals surface area contributed by atoms with Crippen molar-refractivity contribution in [2.45, 2.75) is 44.0 Å². The number of nitrogens with zero attached hydrogens (tertiary/aromatic N) is 2. The van der Waals surface area contributed by atoms with Gasteiger partial charge in [-0.15, -0.1) is 0 Å². The number of likely N-dealkylation sites (tertiary alicyclic amines) is 1. The summed E-state index contributed by atoms with van der Waals surface area (Å²) in [7, 11) is -0.945. The fraction of sp³-hybridized carbons (Fsp3) is 0.556. The Morgan fingerprint density at radius 1 is 1.30 bits per heavy atom. The van der Waals surface area contributed by atoms with Crippen molar-refractivity contribution >= 4 is 27.5 Å². The number of benzene rings is 1. The molecule has 0 saturated carbocycles. The lowest BCUT2D eigenvalue weighted by molar-refractivity contribution is -0.143. The average Bonchev–Trinajstić information content (AvgIpc) is 3.10. The molecule has 1 N–H and O–H groups in total. The van der Waals surface area contributed by atoms with E-state index < -0.39 is 21.8 Å². The molecule has 150 valence electrons. The van der Waals surface area contributed by atoms with Crippen LogP contribution in [0.1, 0.15) is 33.1 Å². The normalized spacial score (nSPS) is 17.2. The van der Waals surface area contributed by atoms with Crippen LogP contribution in [0.15, 0.2) is 23.1 Å². The van der Waals surface area contributed by atoms with Gasteiger partial charge >= 0.3 is 11.8 Å². The number of sulfonamides is 1. The average molecular weight is 397 g/mol. The van der Waals surface area contributed by atoms with E-state index in [1.165, 1.54) is 32.3 Å². The molecule has 0 spiro atoms. The van der Waals surface area contributed by atoms with E-state index in [0.717, 1.165) is 23.6 Å². The van der Waals surface area contributed by atoms with E-state index in [1.807, 2.05) is 6.92 Å². The lowest BCUT2D eigenvalue weighted by atomic mass is 10.2. The van der Waals surface area contributed by atoms with Gasteiger partial charge in [-0.25, -0.2) is 12.7 Å². The van der Waals surface area contributed by atoms with Gasteiger partial charge in [-0.3, -0.25) is 9.59 Å². The molecule has 1 heterocycles. The lowest BCUT2D eigenvalue weighted by Crippen LogP contribution is -2.42. The minimum absolute atomic E-state index is 0.0628. The molecule has 1 aliphatic rings. The summed E-state index contributed by atoms with van der Waals surface area (Å²) in [5.41, 5.74) is 0.226. The summed E-state index contributed by atoms with van der Waals surface area (Å²) in [4.78, 5) is 26.3. The number of carbonyl (C=O) groups is 2. The Labute approximate surface area is 160 Å². The molecule has 1 fully saturated rings. The molecule has 0 aromatic heterocycles. The summed E-state index contributed by atoms with van der Waals surface area (Å²) < 4.78 is 31.6. The maximum absolute atomic E-state index is 12.5. The molecule has 27 heavy (non-hydrogen) atoms. The number of carbonyl (C=O) groups excluding carboxylic acids is 2. The number of hydrogen-bond donors (Lipinski definition) is 1. The molecular formula is C18H27N3O5S. The fourth-order valence-electron chi connectivity index (χ4n) is 3.10. The summed E-state index contributed by atoms with van der Waals surface area (Å²) in [6.07, 6.45) is 2.57. The van der Waals surface area contributed by atoms with Crippen LogP contribution in [0.2, 0.25) is 0 Å². The van der Waals surface area contributed by atoms with Crippen molar-refractivity contribution in [3.8, 4) is 5.75 Å². The Bertz CT molecular complexity index is 807. The second-order valence-electron chi connectivity index (χ2n) is 6.54.